The fourth-order valence-electron chi connectivity index (χ4n) is 6.65. The monoisotopic (exact) mass is 589 g/mol. The number of aromatic nitrogens is 3. The first-order chi connectivity index (χ1) is 17.7. The van der Waals surface area contributed by atoms with Gasteiger partial charge >= 0.3 is 33.0 Å². The molecule has 6 rings (SSSR count). The second-order valence-corrected chi connectivity index (χ2v) is 13.8. The van der Waals surface area contributed by atoms with E-state index < -0.39 is 7.81 Å². The molecule has 0 amide bonds. The van der Waals surface area contributed by atoms with E-state index in [1.54, 1.807) is 0 Å². The third kappa shape index (κ3) is 6.27. The van der Waals surface area contributed by atoms with Crippen LogP contribution in [0, 0.1) is 0 Å². The van der Waals surface area contributed by atoms with Gasteiger partial charge in [0, 0.05) is 26.2 Å². The zero-order chi connectivity index (χ0) is 27.2. The Kier molecular flexibility index (Phi) is 7.28. The molecule has 2 aromatic rings. The van der Waals surface area contributed by atoms with Gasteiger partial charge in [0.15, 0.2) is 14.7 Å². The molecule has 4 atom stereocenters. The third-order valence-corrected chi connectivity index (χ3v) is 9.45. The van der Waals surface area contributed by atoms with E-state index in [9.17, 15) is 30.3 Å². The van der Waals surface area contributed by atoms with Crippen molar-refractivity contribution >= 4 is 27.7 Å². The summed E-state index contributed by atoms with van der Waals surface area (Å²) >= 11 is 0. The van der Waals surface area contributed by atoms with E-state index in [-0.39, 0.29) is 20.9 Å². The van der Waals surface area contributed by atoms with Crippen molar-refractivity contribution in [1.29, 1.82) is 0 Å². The summed E-state index contributed by atoms with van der Waals surface area (Å²) in [5.74, 6) is -0.223. The van der Waals surface area contributed by atoms with E-state index in [1.165, 1.54) is 45.2 Å². The Bertz CT molecular complexity index is 1120. The van der Waals surface area contributed by atoms with Crippen LogP contribution in [0.25, 0.3) is 11.0 Å². The van der Waals surface area contributed by atoms with Crippen LogP contribution in [0.3, 0.4) is 0 Å². The number of halogens is 6. The Morgan fingerprint density at radius 1 is 0.842 bits per heavy atom. The Labute approximate surface area is 219 Å². The van der Waals surface area contributed by atoms with Crippen LogP contribution in [0.4, 0.5) is 25.2 Å². The zero-order valence-electron chi connectivity index (χ0n) is 21.0. The molecule has 8 nitrogen and oxygen atoms in total. The zero-order valence-corrected chi connectivity index (χ0v) is 23.1. The van der Waals surface area contributed by atoms with Crippen molar-refractivity contribution in [2.45, 2.75) is 63.0 Å². The van der Waals surface area contributed by atoms with Gasteiger partial charge in [0.05, 0.1) is 6.04 Å². The van der Waals surface area contributed by atoms with E-state index in [0.29, 0.717) is 6.04 Å². The normalized spacial score (nSPS) is 32.3. The molecule has 216 valence electrons. The minimum absolute atomic E-state index is 0.223. The third-order valence-electron chi connectivity index (χ3n) is 7.94. The molecular formula is C22H35F6N7OP2. The maximum atomic E-state index is 11.2. The van der Waals surface area contributed by atoms with Crippen molar-refractivity contribution in [2.24, 2.45) is 0 Å². The minimum atomic E-state index is -10.7. The van der Waals surface area contributed by atoms with E-state index in [4.69, 9.17) is 0 Å². The van der Waals surface area contributed by atoms with Crippen molar-refractivity contribution in [3.63, 3.8) is 0 Å². The largest absolute Gasteiger partial charge is 0.378 e. The average molecular weight is 590 g/mol. The maximum Gasteiger partial charge on any atom is 0.182 e. The first-order valence-corrected chi connectivity index (χ1v) is 16.2. The number of likely N-dealkylation sites (tertiary alicyclic amines) is 3. The van der Waals surface area contributed by atoms with Gasteiger partial charge in [-0.1, -0.05) is 12.1 Å². The van der Waals surface area contributed by atoms with Gasteiger partial charge in [-0.2, -0.15) is 0 Å². The molecule has 0 radical (unpaired) electrons. The van der Waals surface area contributed by atoms with Crippen molar-refractivity contribution in [3.8, 4) is 0 Å². The van der Waals surface area contributed by atoms with Gasteiger partial charge in [-0.15, -0.1) is 14.2 Å². The van der Waals surface area contributed by atoms with E-state index in [1.807, 2.05) is 12.1 Å². The molecule has 0 spiro atoms. The number of hydrogen-bond donors (Lipinski definition) is 1. The molecule has 1 aromatic carbocycles. The van der Waals surface area contributed by atoms with Crippen LogP contribution in [-0.4, -0.2) is 96.6 Å². The maximum absolute atomic E-state index is 11.2. The number of para-hydroxylation sites is 1. The number of benzene rings is 1. The van der Waals surface area contributed by atoms with Crippen LogP contribution in [-0.2, 0) is 0 Å². The van der Waals surface area contributed by atoms with Crippen LogP contribution < -0.4 is 0 Å². The topological polar surface area (TPSA) is 63.9 Å². The summed E-state index contributed by atoms with van der Waals surface area (Å²) in [5.41, 5.74) is 2.10. The quantitative estimate of drug-likeness (QED) is 0.378. The van der Waals surface area contributed by atoms with Crippen molar-refractivity contribution in [1.82, 2.24) is 34.1 Å². The number of hydrogen-bond acceptors (Lipinski definition) is 7. The SMILES string of the molecule is F[P-](F)(F)(F)(F)F.OC1CCCN1C1(N2CCCC2)C(N2CCCC2)CCN1[PH2+]n1nnc2ccccc21. The summed E-state index contributed by atoms with van der Waals surface area (Å²) in [7, 11) is -10.9. The Morgan fingerprint density at radius 3 is 2.11 bits per heavy atom. The van der Waals surface area contributed by atoms with Crippen molar-refractivity contribution < 1.29 is 30.3 Å². The number of fused-ring (bicyclic) bond motifs is 1. The van der Waals surface area contributed by atoms with Gasteiger partial charge in [0.25, 0.3) is 0 Å². The van der Waals surface area contributed by atoms with Gasteiger partial charge in [-0.3, -0.25) is 9.80 Å². The Balaban J connectivity index is 0.000000374. The Hall–Kier alpha value is -1.14. The van der Waals surface area contributed by atoms with Crippen LogP contribution in [0.1, 0.15) is 44.9 Å². The molecule has 38 heavy (non-hydrogen) atoms. The van der Waals surface area contributed by atoms with Gasteiger partial charge in [0.2, 0.25) is 0 Å². The molecule has 4 aliphatic heterocycles. The summed E-state index contributed by atoms with van der Waals surface area (Å²) in [5, 5.41) is 20.2. The van der Waals surface area contributed by atoms with Crippen molar-refractivity contribution in [3.05, 3.63) is 24.3 Å². The first kappa shape index (κ1) is 28.4. The predicted octanol–water partition coefficient (Wildman–Crippen LogP) is 5.24. The molecule has 0 bridgehead atoms. The molecule has 1 N–H and O–H groups in total. The van der Waals surface area contributed by atoms with Crippen LogP contribution in [0.2, 0.25) is 0 Å². The summed E-state index contributed by atoms with van der Waals surface area (Å²) in [4.78, 5) is 7.94. The van der Waals surface area contributed by atoms with E-state index in [2.05, 4.69) is 46.3 Å². The van der Waals surface area contributed by atoms with Gasteiger partial charge in [0.1, 0.15) is 17.3 Å². The van der Waals surface area contributed by atoms with E-state index >= 15 is 0 Å². The van der Waals surface area contributed by atoms with Crippen LogP contribution in [0.15, 0.2) is 24.3 Å². The molecule has 4 saturated heterocycles. The van der Waals surface area contributed by atoms with Gasteiger partial charge < -0.3 is 5.11 Å². The number of nitrogens with zero attached hydrogens (tertiary/aromatic N) is 7. The molecular weight excluding hydrogens is 554 g/mol. The summed E-state index contributed by atoms with van der Waals surface area (Å²) in [6.07, 6.45) is 7.90. The number of aliphatic hydroxyl groups excluding tert-OH is 1. The van der Waals surface area contributed by atoms with Crippen LogP contribution >= 0.6 is 16.7 Å². The summed E-state index contributed by atoms with van der Waals surface area (Å²) in [6, 6.07) is 8.75. The molecule has 4 fully saturated rings. The second-order valence-electron chi connectivity index (χ2n) is 10.5. The fourth-order valence-corrected chi connectivity index (χ4v) is 8.27. The van der Waals surface area contributed by atoms with Crippen LogP contribution in [0.5, 0.6) is 0 Å². The Morgan fingerprint density at radius 2 is 1.47 bits per heavy atom. The number of rotatable bonds is 5. The molecule has 4 aliphatic rings. The molecule has 0 saturated carbocycles. The smallest absolute Gasteiger partial charge is 0.182 e. The molecule has 16 heteroatoms. The van der Waals surface area contributed by atoms with E-state index in [0.717, 1.165) is 50.1 Å². The minimum Gasteiger partial charge on any atom is -0.378 e. The van der Waals surface area contributed by atoms with Gasteiger partial charge in [-0.05, 0) is 75.4 Å². The average Bonchev–Trinajstić information content (AvgIpc) is 3.63. The fraction of sp³-hybridized carbons (Fsp3) is 0.727. The first-order valence-electron chi connectivity index (χ1n) is 13.2. The standard InChI is InChI=1S/C22H34N7OP.F6P/c30-21-10-7-16-27(21)22(26-14-5-6-15-26)20(25-12-3-4-13-25)11-17-28(22)31-29-19-9-2-1-8-18(19)23-24-29;1-7(2,3,4,5)6/h1-2,8-9,20-21,30-31H,3-7,10-17H2;/q;-1/p+1. The second kappa shape index (κ2) is 9.75. The predicted molar refractivity (Wildman–Crippen MR) is 138 cm³/mol. The summed E-state index contributed by atoms with van der Waals surface area (Å²) < 4.78 is 64.0. The molecule has 1 aromatic heterocycles. The summed E-state index contributed by atoms with van der Waals surface area (Å²) in [6.45, 7) is 6.68. The molecule has 5 heterocycles. The number of aliphatic hydroxyl groups is 1. The van der Waals surface area contributed by atoms with Crippen molar-refractivity contribution in [2.75, 3.05) is 39.3 Å². The molecule has 0 aliphatic carbocycles. The van der Waals surface area contributed by atoms with Gasteiger partial charge in [-0.25, -0.2) is 4.90 Å². The molecule has 4 unspecified atom stereocenters.